The molecule has 3 amide bonds. The number of ether oxygens (including phenoxy) is 1. The maximum absolute atomic E-state index is 12.5. The van der Waals surface area contributed by atoms with Crippen molar-refractivity contribution in [3.05, 3.63) is 34.4 Å². The number of hydrogen-bond donors (Lipinski definition) is 1. The molecule has 7 heteroatoms. The number of nitrogens with zero attached hydrogens (tertiary/aromatic N) is 1. The van der Waals surface area contributed by atoms with Crippen molar-refractivity contribution in [3.63, 3.8) is 0 Å². The van der Waals surface area contributed by atoms with Gasteiger partial charge in [0.05, 0.1) is 0 Å². The SMILES string of the molecule is CCC1(CC)NC(=O)N(CC(=O)OCC(=O)c2cc(C)c(C)cc2C)C1=O. The summed E-state index contributed by atoms with van der Waals surface area (Å²) in [5.74, 6) is -1.56. The predicted molar refractivity (Wildman–Crippen MR) is 99.5 cm³/mol. The molecular weight excluding hydrogens is 348 g/mol. The Balaban J connectivity index is 1.99. The molecule has 0 spiro atoms. The molecule has 7 nitrogen and oxygen atoms in total. The summed E-state index contributed by atoms with van der Waals surface area (Å²) in [4.78, 5) is 49.8. The Hall–Kier alpha value is -2.70. The molecule has 1 aliphatic rings. The molecule has 1 fully saturated rings. The van der Waals surface area contributed by atoms with Crippen LogP contribution in [0.15, 0.2) is 12.1 Å². The van der Waals surface area contributed by atoms with Gasteiger partial charge in [0, 0.05) is 5.56 Å². The second-order valence-corrected chi connectivity index (χ2v) is 6.95. The molecule has 1 saturated heterocycles. The van der Waals surface area contributed by atoms with Gasteiger partial charge in [-0.05, 0) is 56.4 Å². The Morgan fingerprint density at radius 2 is 1.63 bits per heavy atom. The van der Waals surface area contributed by atoms with Gasteiger partial charge < -0.3 is 10.1 Å². The summed E-state index contributed by atoms with van der Waals surface area (Å²) >= 11 is 0. The van der Waals surface area contributed by atoms with E-state index in [1.807, 2.05) is 26.8 Å². The zero-order valence-corrected chi connectivity index (χ0v) is 16.5. The Kier molecular flexibility index (Phi) is 6.03. The van der Waals surface area contributed by atoms with E-state index in [4.69, 9.17) is 4.74 Å². The summed E-state index contributed by atoms with van der Waals surface area (Å²) < 4.78 is 5.02. The predicted octanol–water partition coefficient (Wildman–Crippen LogP) is 2.45. The maximum atomic E-state index is 12.5. The maximum Gasteiger partial charge on any atom is 0.326 e. The second kappa shape index (κ2) is 7.90. The molecule has 146 valence electrons. The number of benzene rings is 1. The molecule has 1 aliphatic heterocycles. The lowest BCUT2D eigenvalue weighted by atomic mass is 9.93. The lowest BCUT2D eigenvalue weighted by Crippen LogP contribution is -2.46. The minimum Gasteiger partial charge on any atom is -0.456 e. The third kappa shape index (κ3) is 4.02. The van der Waals surface area contributed by atoms with Gasteiger partial charge in [-0.1, -0.05) is 19.9 Å². The van der Waals surface area contributed by atoms with E-state index in [1.54, 1.807) is 19.9 Å². The van der Waals surface area contributed by atoms with Crippen LogP contribution in [0.5, 0.6) is 0 Å². The number of amides is 3. The molecule has 1 heterocycles. The highest BCUT2D eigenvalue weighted by atomic mass is 16.5. The number of carbonyl (C=O) groups excluding carboxylic acids is 4. The molecule has 0 aliphatic carbocycles. The van der Waals surface area contributed by atoms with Crippen LogP contribution < -0.4 is 5.32 Å². The highest BCUT2D eigenvalue weighted by Crippen LogP contribution is 2.24. The largest absolute Gasteiger partial charge is 0.456 e. The Labute approximate surface area is 159 Å². The molecule has 0 radical (unpaired) electrons. The first-order chi connectivity index (χ1) is 12.6. The quantitative estimate of drug-likeness (QED) is 0.450. The van der Waals surface area contributed by atoms with Crippen molar-refractivity contribution in [2.24, 2.45) is 0 Å². The molecule has 1 aromatic carbocycles. The van der Waals surface area contributed by atoms with Crippen molar-refractivity contribution < 1.29 is 23.9 Å². The summed E-state index contributed by atoms with van der Waals surface area (Å²) in [5.41, 5.74) is 2.39. The van der Waals surface area contributed by atoms with Gasteiger partial charge in [-0.25, -0.2) is 4.79 Å². The first-order valence-electron chi connectivity index (χ1n) is 9.06. The molecule has 2 rings (SSSR count). The van der Waals surface area contributed by atoms with Gasteiger partial charge in [0.1, 0.15) is 12.1 Å². The first-order valence-corrected chi connectivity index (χ1v) is 9.06. The minimum absolute atomic E-state index is 0.322. The van der Waals surface area contributed by atoms with E-state index >= 15 is 0 Å². The van der Waals surface area contributed by atoms with Crippen LogP contribution >= 0.6 is 0 Å². The molecule has 1 aromatic rings. The van der Waals surface area contributed by atoms with Crippen molar-refractivity contribution in [2.75, 3.05) is 13.2 Å². The number of imide groups is 1. The fraction of sp³-hybridized carbons (Fsp3) is 0.500. The van der Waals surface area contributed by atoms with Crippen LogP contribution in [0.1, 0.15) is 53.7 Å². The average Bonchev–Trinajstić information content (AvgIpc) is 2.87. The van der Waals surface area contributed by atoms with Crippen molar-refractivity contribution >= 4 is 23.7 Å². The van der Waals surface area contributed by atoms with Gasteiger partial charge in [0.25, 0.3) is 5.91 Å². The lowest BCUT2D eigenvalue weighted by molar-refractivity contribution is -0.146. The average molecular weight is 374 g/mol. The first kappa shape index (κ1) is 20.6. The molecule has 27 heavy (non-hydrogen) atoms. The van der Waals surface area contributed by atoms with Crippen molar-refractivity contribution in [1.82, 2.24) is 10.2 Å². The van der Waals surface area contributed by atoms with E-state index in [0.29, 0.717) is 18.4 Å². The van der Waals surface area contributed by atoms with Gasteiger partial charge in [-0.3, -0.25) is 19.3 Å². The number of Topliss-reactive ketones (excluding diaryl/α,β-unsaturated/α-hetero) is 1. The van der Waals surface area contributed by atoms with Crippen LogP contribution in [0, 0.1) is 20.8 Å². The van der Waals surface area contributed by atoms with Gasteiger partial charge in [-0.2, -0.15) is 0 Å². The zero-order valence-electron chi connectivity index (χ0n) is 16.5. The van der Waals surface area contributed by atoms with Crippen LogP contribution in [-0.2, 0) is 14.3 Å². The van der Waals surface area contributed by atoms with Gasteiger partial charge in [0.15, 0.2) is 6.61 Å². The number of carbonyl (C=O) groups is 4. The van der Waals surface area contributed by atoms with E-state index in [-0.39, 0.29) is 5.78 Å². The fourth-order valence-electron chi connectivity index (χ4n) is 3.21. The van der Waals surface area contributed by atoms with Gasteiger partial charge >= 0.3 is 12.0 Å². The summed E-state index contributed by atoms with van der Waals surface area (Å²) in [6.07, 6.45) is 0.869. The number of hydrogen-bond acceptors (Lipinski definition) is 5. The summed E-state index contributed by atoms with van der Waals surface area (Å²) in [6.45, 7) is 8.35. The number of nitrogens with one attached hydrogen (secondary N) is 1. The lowest BCUT2D eigenvalue weighted by Gasteiger charge is -2.22. The number of rotatable bonds is 7. The second-order valence-electron chi connectivity index (χ2n) is 6.95. The van der Waals surface area contributed by atoms with E-state index in [1.165, 1.54) is 0 Å². The molecule has 0 saturated carbocycles. The topological polar surface area (TPSA) is 92.8 Å². The van der Waals surface area contributed by atoms with E-state index in [9.17, 15) is 19.2 Å². The monoisotopic (exact) mass is 374 g/mol. The van der Waals surface area contributed by atoms with Crippen LogP contribution in [0.3, 0.4) is 0 Å². The highest BCUT2D eigenvalue weighted by Gasteiger charge is 2.49. The Morgan fingerprint density at radius 3 is 2.19 bits per heavy atom. The summed E-state index contributed by atoms with van der Waals surface area (Å²) in [6, 6.07) is 3.07. The standard InChI is InChI=1S/C20H26N2O5/c1-6-20(7-2)18(25)22(19(26)21-20)10-17(24)27-11-16(23)15-9-13(4)12(3)8-14(15)5/h8-9H,6-7,10-11H2,1-5H3,(H,21,26). The van der Waals surface area contributed by atoms with Gasteiger partial charge in [0.2, 0.25) is 5.78 Å². The van der Waals surface area contributed by atoms with Crippen molar-refractivity contribution in [1.29, 1.82) is 0 Å². The van der Waals surface area contributed by atoms with E-state index in [0.717, 1.165) is 21.6 Å². The number of ketones is 1. The molecule has 0 atom stereocenters. The molecule has 0 bridgehead atoms. The van der Waals surface area contributed by atoms with Gasteiger partial charge in [-0.15, -0.1) is 0 Å². The molecular formula is C20H26N2O5. The number of urea groups is 1. The normalized spacial score (nSPS) is 15.7. The van der Waals surface area contributed by atoms with Crippen molar-refractivity contribution in [3.8, 4) is 0 Å². The van der Waals surface area contributed by atoms with Crippen LogP contribution in [0.2, 0.25) is 0 Å². The molecule has 1 N–H and O–H groups in total. The number of aryl methyl sites for hydroxylation is 3. The highest BCUT2D eigenvalue weighted by molar-refractivity contribution is 6.08. The molecule has 0 unspecified atom stereocenters. The Bertz CT molecular complexity index is 796. The third-order valence-electron chi connectivity index (χ3n) is 5.25. The fourth-order valence-corrected chi connectivity index (χ4v) is 3.21. The molecule has 0 aromatic heterocycles. The smallest absolute Gasteiger partial charge is 0.326 e. The number of esters is 1. The van der Waals surface area contributed by atoms with E-state index < -0.39 is 36.6 Å². The van der Waals surface area contributed by atoms with Crippen molar-refractivity contribution in [2.45, 2.75) is 53.0 Å². The van der Waals surface area contributed by atoms with Crippen LogP contribution in [0.4, 0.5) is 4.79 Å². The van der Waals surface area contributed by atoms with Crippen LogP contribution in [0.25, 0.3) is 0 Å². The Morgan fingerprint density at radius 1 is 1.04 bits per heavy atom. The van der Waals surface area contributed by atoms with Crippen LogP contribution in [-0.4, -0.2) is 47.3 Å². The zero-order chi connectivity index (χ0) is 20.4. The summed E-state index contributed by atoms with van der Waals surface area (Å²) in [7, 11) is 0. The third-order valence-corrected chi connectivity index (χ3v) is 5.25. The van der Waals surface area contributed by atoms with E-state index in [2.05, 4.69) is 5.32 Å². The minimum atomic E-state index is -0.969. The summed E-state index contributed by atoms with van der Waals surface area (Å²) in [5, 5.41) is 2.64.